The molecule has 3 heteroatoms. The van der Waals surface area contributed by atoms with Gasteiger partial charge in [-0.1, -0.05) is 38.2 Å². The Kier molecular flexibility index (Phi) is 5.49. The van der Waals surface area contributed by atoms with Crippen LogP contribution in [-0.4, -0.2) is 34.6 Å². The SMILES string of the molecule is C=C1CCC2C(CO)C(C3(C)CCC(O)CC3C=CCO)CCC12C. The molecular formula is C22H36O3. The van der Waals surface area contributed by atoms with E-state index in [1.54, 1.807) is 0 Å². The second-order valence-corrected chi connectivity index (χ2v) is 9.31. The first-order valence-electron chi connectivity index (χ1n) is 10.1. The van der Waals surface area contributed by atoms with Gasteiger partial charge in [-0.25, -0.2) is 0 Å². The van der Waals surface area contributed by atoms with Crippen molar-refractivity contribution < 1.29 is 15.3 Å². The summed E-state index contributed by atoms with van der Waals surface area (Å²) in [5, 5.41) is 29.8. The molecule has 0 aliphatic heterocycles. The molecule has 3 fully saturated rings. The number of allylic oxidation sites excluding steroid dienone is 2. The molecule has 0 aromatic heterocycles. The average Bonchev–Trinajstić information content (AvgIpc) is 2.90. The van der Waals surface area contributed by atoms with Gasteiger partial charge in [-0.3, -0.25) is 0 Å². The molecule has 3 N–H and O–H groups in total. The first-order chi connectivity index (χ1) is 11.9. The van der Waals surface area contributed by atoms with E-state index in [4.69, 9.17) is 0 Å². The number of hydrogen-bond acceptors (Lipinski definition) is 3. The molecule has 0 radical (unpaired) electrons. The van der Waals surface area contributed by atoms with Crippen LogP contribution in [0.1, 0.15) is 58.8 Å². The van der Waals surface area contributed by atoms with Crippen molar-refractivity contribution in [2.75, 3.05) is 13.2 Å². The first kappa shape index (κ1) is 19.1. The maximum Gasteiger partial charge on any atom is 0.0612 e. The smallest absolute Gasteiger partial charge is 0.0612 e. The van der Waals surface area contributed by atoms with E-state index in [-0.39, 0.29) is 36.1 Å². The number of fused-ring (bicyclic) bond motifs is 1. The lowest BCUT2D eigenvalue weighted by Crippen LogP contribution is -2.50. The van der Waals surface area contributed by atoms with Crippen LogP contribution in [0.15, 0.2) is 24.3 Å². The van der Waals surface area contributed by atoms with Gasteiger partial charge in [-0.2, -0.15) is 0 Å². The van der Waals surface area contributed by atoms with E-state index in [2.05, 4.69) is 26.5 Å². The molecule has 3 aliphatic carbocycles. The molecule has 0 aromatic rings. The summed E-state index contributed by atoms with van der Waals surface area (Å²) in [6.07, 6.45) is 10.9. The van der Waals surface area contributed by atoms with Crippen molar-refractivity contribution in [3.63, 3.8) is 0 Å². The largest absolute Gasteiger partial charge is 0.396 e. The molecule has 3 aliphatic rings. The van der Waals surface area contributed by atoms with E-state index in [0.717, 1.165) is 38.5 Å². The summed E-state index contributed by atoms with van der Waals surface area (Å²) in [5.41, 5.74) is 1.67. The highest BCUT2D eigenvalue weighted by Gasteiger charge is 2.56. The summed E-state index contributed by atoms with van der Waals surface area (Å²) in [7, 11) is 0. The van der Waals surface area contributed by atoms with Gasteiger partial charge in [0.2, 0.25) is 0 Å². The lowest BCUT2D eigenvalue weighted by atomic mass is 9.49. The van der Waals surface area contributed by atoms with Gasteiger partial charge in [0.1, 0.15) is 0 Å². The summed E-state index contributed by atoms with van der Waals surface area (Å²) < 4.78 is 0. The Labute approximate surface area is 152 Å². The van der Waals surface area contributed by atoms with Crippen LogP contribution in [0.25, 0.3) is 0 Å². The van der Waals surface area contributed by atoms with Crippen LogP contribution >= 0.6 is 0 Å². The van der Waals surface area contributed by atoms with Crippen molar-refractivity contribution in [3.05, 3.63) is 24.3 Å². The Morgan fingerprint density at radius 3 is 2.56 bits per heavy atom. The van der Waals surface area contributed by atoms with Gasteiger partial charge in [-0.15, -0.1) is 0 Å². The van der Waals surface area contributed by atoms with Gasteiger partial charge in [0, 0.05) is 6.61 Å². The molecule has 0 bridgehead atoms. The molecule has 7 unspecified atom stereocenters. The monoisotopic (exact) mass is 348 g/mol. The van der Waals surface area contributed by atoms with Crippen LogP contribution in [0.3, 0.4) is 0 Å². The molecule has 0 heterocycles. The van der Waals surface area contributed by atoms with E-state index in [1.165, 1.54) is 12.0 Å². The van der Waals surface area contributed by atoms with Crippen molar-refractivity contribution in [2.45, 2.75) is 64.9 Å². The molecule has 0 saturated heterocycles. The van der Waals surface area contributed by atoms with Crippen molar-refractivity contribution in [1.29, 1.82) is 0 Å². The average molecular weight is 349 g/mol. The fraction of sp³-hybridized carbons (Fsp3) is 0.818. The lowest BCUT2D eigenvalue weighted by molar-refractivity contribution is -0.0825. The van der Waals surface area contributed by atoms with Crippen LogP contribution < -0.4 is 0 Å². The second-order valence-electron chi connectivity index (χ2n) is 9.31. The fourth-order valence-electron chi connectivity index (χ4n) is 6.59. The molecule has 7 atom stereocenters. The van der Waals surface area contributed by atoms with Crippen LogP contribution in [-0.2, 0) is 0 Å². The zero-order valence-corrected chi connectivity index (χ0v) is 16.0. The van der Waals surface area contributed by atoms with Crippen LogP contribution in [0, 0.1) is 34.5 Å². The molecule has 142 valence electrons. The van der Waals surface area contributed by atoms with Crippen LogP contribution in [0.5, 0.6) is 0 Å². The number of aliphatic hydroxyl groups is 3. The zero-order chi connectivity index (χ0) is 18.2. The summed E-state index contributed by atoms with van der Waals surface area (Å²) in [6, 6.07) is 0. The Hall–Kier alpha value is -0.640. The van der Waals surface area contributed by atoms with Crippen LogP contribution in [0.2, 0.25) is 0 Å². The third-order valence-corrected chi connectivity index (χ3v) is 8.31. The molecule has 3 rings (SSSR count). The van der Waals surface area contributed by atoms with E-state index >= 15 is 0 Å². The second kappa shape index (κ2) is 7.17. The molecule has 0 aromatic carbocycles. The Balaban J connectivity index is 1.90. The standard InChI is InChI=1S/C22H36O3/c1-15-6-7-19-18(14-24)20(9-11-21(15,19)2)22(3)10-8-17(25)13-16(22)5-4-12-23/h4-5,16-20,23-25H,1,6-14H2,2-3H3. The minimum absolute atomic E-state index is 0.0529. The minimum Gasteiger partial charge on any atom is -0.396 e. The van der Waals surface area contributed by atoms with Gasteiger partial charge >= 0.3 is 0 Å². The van der Waals surface area contributed by atoms with E-state index < -0.39 is 0 Å². The summed E-state index contributed by atoms with van der Waals surface area (Å²) >= 11 is 0. The Morgan fingerprint density at radius 1 is 1.12 bits per heavy atom. The van der Waals surface area contributed by atoms with Gasteiger partial charge < -0.3 is 15.3 Å². The van der Waals surface area contributed by atoms with Crippen LogP contribution in [0.4, 0.5) is 0 Å². The van der Waals surface area contributed by atoms with E-state index in [1.807, 2.05) is 6.08 Å². The van der Waals surface area contributed by atoms with Crippen molar-refractivity contribution in [1.82, 2.24) is 0 Å². The van der Waals surface area contributed by atoms with E-state index in [0.29, 0.717) is 17.8 Å². The summed E-state index contributed by atoms with van der Waals surface area (Å²) in [5.74, 6) is 1.61. The fourth-order valence-corrected chi connectivity index (χ4v) is 6.59. The first-order valence-corrected chi connectivity index (χ1v) is 10.1. The van der Waals surface area contributed by atoms with Crippen molar-refractivity contribution in [2.24, 2.45) is 34.5 Å². The third kappa shape index (κ3) is 3.13. The lowest BCUT2D eigenvalue weighted by Gasteiger charge is -2.56. The normalized spacial score (nSPS) is 48.0. The molecular weight excluding hydrogens is 312 g/mol. The number of rotatable bonds is 4. The van der Waals surface area contributed by atoms with E-state index in [9.17, 15) is 15.3 Å². The summed E-state index contributed by atoms with van der Waals surface area (Å²) in [4.78, 5) is 0. The quantitative estimate of drug-likeness (QED) is 0.679. The maximum absolute atomic E-state index is 10.3. The Bertz CT molecular complexity index is 527. The van der Waals surface area contributed by atoms with Gasteiger partial charge in [0.25, 0.3) is 0 Å². The molecule has 0 amide bonds. The summed E-state index contributed by atoms with van der Waals surface area (Å²) in [6.45, 7) is 9.38. The Morgan fingerprint density at radius 2 is 1.88 bits per heavy atom. The maximum atomic E-state index is 10.3. The zero-order valence-electron chi connectivity index (χ0n) is 16.0. The topological polar surface area (TPSA) is 60.7 Å². The minimum atomic E-state index is -0.242. The molecule has 3 nitrogen and oxygen atoms in total. The number of aliphatic hydroxyl groups excluding tert-OH is 3. The van der Waals surface area contributed by atoms with Gasteiger partial charge in [0.05, 0.1) is 12.7 Å². The highest BCUT2D eigenvalue weighted by molar-refractivity contribution is 5.21. The third-order valence-electron chi connectivity index (χ3n) is 8.31. The van der Waals surface area contributed by atoms with Crippen molar-refractivity contribution >= 4 is 0 Å². The molecule has 3 saturated carbocycles. The van der Waals surface area contributed by atoms with Crippen molar-refractivity contribution in [3.8, 4) is 0 Å². The molecule has 0 spiro atoms. The number of hydrogen-bond donors (Lipinski definition) is 3. The molecule has 25 heavy (non-hydrogen) atoms. The highest BCUT2D eigenvalue weighted by atomic mass is 16.3. The predicted molar refractivity (Wildman–Crippen MR) is 101 cm³/mol. The van der Waals surface area contributed by atoms with Gasteiger partial charge in [0.15, 0.2) is 0 Å². The predicted octanol–water partition coefficient (Wildman–Crippen LogP) is 3.69. The van der Waals surface area contributed by atoms with Gasteiger partial charge in [-0.05, 0) is 79.4 Å². The highest BCUT2D eigenvalue weighted by Crippen LogP contribution is 2.63.